The normalized spacial score (nSPS) is 12.0. The molecule has 110 valence electrons. The summed E-state index contributed by atoms with van der Waals surface area (Å²) in [6, 6.07) is 9.36. The van der Waals surface area contributed by atoms with Gasteiger partial charge in [0.2, 0.25) is 5.91 Å². The first-order valence-electron chi connectivity index (χ1n) is 6.24. The van der Waals surface area contributed by atoms with Crippen LogP contribution in [0.4, 0.5) is 10.1 Å². The molecule has 0 saturated heterocycles. The topological polar surface area (TPSA) is 75.3 Å². The first-order chi connectivity index (χ1) is 9.94. The Hall–Kier alpha value is -2.11. The molecule has 0 saturated carbocycles. The van der Waals surface area contributed by atoms with Gasteiger partial charge in [-0.05, 0) is 42.3 Å². The third-order valence-corrected chi connectivity index (χ3v) is 3.08. The molecule has 6 heteroatoms. The van der Waals surface area contributed by atoms with Crippen LogP contribution in [0.5, 0.6) is 5.75 Å². The van der Waals surface area contributed by atoms with Crippen molar-refractivity contribution in [1.29, 1.82) is 0 Å². The van der Waals surface area contributed by atoms with Crippen LogP contribution in [0.3, 0.4) is 0 Å². The molecular weight excluding hydrogens is 295 g/mol. The summed E-state index contributed by atoms with van der Waals surface area (Å²) in [4.78, 5) is 12.0. The van der Waals surface area contributed by atoms with Crippen molar-refractivity contribution in [2.24, 2.45) is 5.73 Å². The predicted molar refractivity (Wildman–Crippen MR) is 79.8 cm³/mol. The number of carbonyl (C=O) groups is 1. The number of amides is 1. The summed E-state index contributed by atoms with van der Waals surface area (Å²) in [5, 5.41) is 11.9. The Kier molecular flexibility index (Phi) is 4.77. The lowest BCUT2D eigenvalue weighted by Crippen LogP contribution is -2.37. The van der Waals surface area contributed by atoms with Crippen molar-refractivity contribution in [2.75, 3.05) is 5.32 Å². The minimum atomic E-state index is -0.795. The number of phenolic OH excluding ortho intramolecular Hbond substituents is 1. The molecule has 2 aromatic rings. The molecule has 0 aliphatic carbocycles. The van der Waals surface area contributed by atoms with Gasteiger partial charge in [0.05, 0.1) is 6.04 Å². The molecule has 4 N–H and O–H groups in total. The van der Waals surface area contributed by atoms with Gasteiger partial charge >= 0.3 is 0 Å². The maximum absolute atomic E-state index is 13.2. The fraction of sp³-hybridized carbons (Fsp3) is 0.133. The molecule has 0 fully saturated rings. The van der Waals surface area contributed by atoms with Gasteiger partial charge in [-0.2, -0.15) is 0 Å². The van der Waals surface area contributed by atoms with Crippen molar-refractivity contribution in [3.05, 3.63) is 58.9 Å². The third kappa shape index (κ3) is 4.44. The van der Waals surface area contributed by atoms with E-state index in [0.717, 1.165) is 17.7 Å². The lowest BCUT2D eigenvalue weighted by molar-refractivity contribution is -0.117. The summed E-state index contributed by atoms with van der Waals surface area (Å²) in [7, 11) is 0. The molecule has 4 nitrogen and oxygen atoms in total. The van der Waals surface area contributed by atoms with E-state index in [0.29, 0.717) is 6.42 Å². The van der Waals surface area contributed by atoms with Gasteiger partial charge in [-0.15, -0.1) is 0 Å². The molecule has 1 amide bonds. The summed E-state index contributed by atoms with van der Waals surface area (Å²) in [5.74, 6) is -0.833. The summed E-state index contributed by atoms with van der Waals surface area (Å²) in [6.45, 7) is 0. The van der Waals surface area contributed by atoms with Gasteiger partial charge in [0.25, 0.3) is 0 Å². The molecule has 2 rings (SSSR count). The number of aromatic hydroxyl groups is 1. The largest absolute Gasteiger partial charge is 0.508 e. The molecule has 0 radical (unpaired) electrons. The second-order valence-electron chi connectivity index (χ2n) is 4.62. The zero-order chi connectivity index (χ0) is 15.4. The van der Waals surface area contributed by atoms with E-state index in [1.54, 1.807) is 12.1 Å². The molecule has 0 bridgehead atoms. The van der Waals surface area contributed by atoms with Gasteiger partial charge in [-0.1, -0.05) is 23.7 Å². The van der Waals surface area contributed by atoms with E-state index < -0.39 is 17.8 Å². The summed E-state index contributed by atoms with van der Waals surface area (Å²) < 4.78 is 13.2. The van der Waals surface area contributed by atoms with Crippen LogP contribution in [0.2, 0.25) is 5.02 Å². The fourth-order valence-corrected chi connectivity index (χ4v) is 2.06. The molecule has 2 aromatic carbocycles. The van der Waals surface area contributed by atoms with Gasteiger partial charge in [0.1, 0.15) is 11.6 Å². The van der Waals surface area contributed by atoms with E-state index in [1.165, 1.54) is 18.2 Å². The lowest BCUT2D eigenvalue weighted by Gasteiger charge is -2.13. The minimum absolute atomic E-state index is 0.145. The number of nitrogens with two attached hydrogens (primary N) is 1. The van der Waals surface area contributed by atoms with Crippen LogP contribution in [-0.4, -0.2) is 17.1 Å². The van der Waals surface area contributed by atoms with Gasteiger partial charge in [0.15, 0.2) is 0 Å². The van der Waals surface area contributed by atoms with Crippen LogP contribution in [0.25, 0.3) is 0 Å². The Bertz CT molecular complexity index is 626. The first-order valence-corrected chi connectivity index (χ1v) is 6.62. The number of hydrogen-bond donors (Lipinski definition) is 3. The second-order valence-corrected chi connectivity index (χ2v) is 5.06. The van der Waals surface area contributed by atoms with E-state index in [-0.39, 0.29) is 16.5 Å². The molecular formula is C15H14ClFN2O2. The number of benzene rings is 2. The molecule has 1 atom stereocenters. The average molecular weight is 309 g/mol. The highest BCUT2D eigenvalue weighted by molar-refractivity contribution is 6.30. The maximum atomic E-state index is 13.2. The van der Waals surface area contributed by atoms with Gasteiger partial charge < -0.3 is 16.2 Å². The van der Waals surface area contributed by atoms with Crippen molar-refractivity contribution in [1.82, 2.24) is 0 Å². The highest BCUT2D eigenvalue weighted by Crippen LogP contribution is 2.18. The maximum Gasteiger partial charge on any atom is 0.241 e. The Labute approximate surface area is 126 Å². The summed E-state index contributed by atoms with van der Waals surface area (Å²) in [6.07, 6.45) is 0.301. The lowest BCUT2D eigenvalue weighted by atomic mass is 10.1. The fourth-order valence-electron chi connectivity index (χ4n) is 1.84. The molecule has 0 aliphatic rings. The SMILES string of the molecule is N[C@@H](Cc1ccc(O)cc1)C(=O)Nc1cc(F)cc(Cl)c1. The molecule has 0 heterocycles. The van der Waals surface area contributed by atoms with Crippen molar-refractivity contribution >= 4 is 23.2 Å². The highest BCUT2D eigenvalue weighted by Gasteiger charge is 2.15. The van der Waals surface area contributed by atoms with Crippen LogP contribution in [-0.2, 0) is 11.2 Å². The Balaban J connectivity index is 2.00. The molecule has 0 unspecified atom stereocenters. The van der Waals surface area contributed by atoms with E-state index in [1.807, 2.05) is 0 Å². The number of carbonyl (C=O) groups excluding carboxylic acids is 1. The Morgan fingerprint density at radius 1 is 1.29 bits per heavy atom. The van der Waals surface area contributed by atoms with Crippen LogP contribution in [0.1, 0.15) is 5.56 Å². The third-order valence-electron chi connectivity index (χ3n) is 2.86. The van der Waals surface area contributed by atoms with E-state index in [2.05, 4.69) is 5.32 Å². The van der Waals surface area contributed by atoms with E-state index in [4.69, 9.17) is 17.3 Å². The zero-order valence-electron chi connectivity index (χ0n) is 11.0. The predicted octanol–water partition coefficient (Wildman–Crippen LogP) is 2.69. The highest BCUT2D eigenvalue weighted by atomic mass is 35.5. The smallest absolute Gasteiger partial charge is 0.241 e. The summed E-state index contributed by atoms with van der Waals surface area (Å²) >= 11 is 5.71. The van der Waals surface area contributed by atoms with Crippen molar-refractivity contribution in [2.45, 2.75) is 12.5 Å². The number of phenols is 1. The Morgan fingerprint density at radius 3 is 2.57 bits per heavy atom. The van der Waals surface area contributed by atoms with Crippen molar-refractivity contribution in [3.8, 4) is 5.75 Å². The average Bonchev–Trinajstić information content (AvgIpc) is 2.40. The quantitative estimate of drug-likeness (QED) is 0.813. The Morgan fingerprint density at radius 2 is 1.95 bits per heavy atom. The molecule has 21 heavy (non-hydrogen) atoms. The van der Waals surface area contributed by atoms with Crippen molar-refractivity contribution < 1.29 is 14.3 Å². The van der Waals surface area contributed by atoms with Crippen LogP contribution in [0.15, 0.2) is 42.5 Å². The number of rotatable bonds is 4. The number of halogens is 2. The van der Waals surface area contributed by atoms with E-state index >= 15 is 0 Å². The van der Waals surface area contributed by atoms with Crippen LogP contribution >= 0.6 is 11.6 Å². The molecule has 0 aliphatic heterocycles. The number of hydrogen-bond acceptors (Lipinski definition) is 3. The number of nitrogens with one attached hydrogen (secondary N) is 1. The van der Waals surface area contributed by atoms with Crippen LogP contribution < -0.4 is 11.1 Å². The monoisotopic (exact) mass is 308 g/mol. The van der Waals surface area contributed by atoms with Gasteiger partial charge in [0, 0.05) is 10.7 Å². The van der Waals surface area contributed by atoms with Gasteiger partial charge in [-0.3, -0.25) is 4.79 Å². The standard InChI is InChI=1S/C15H14ClFN2O2/c16-10-6-11(17)8-12(7-10)19-15(21)14(18)5-9-1-3-13(20)4-2-9/h1-4,6-8,14,20H,5,18H2,(H,19,21)/t14-/m0/s1. The van der Waals surface area contributed by atoms with Crippen molar-refractivity contribution in [3.63, 3.8) is 0 Å². The summed E-state index contributed by atoms with van der Waals surface area (Å²) in [5.41, 5.74) is 6.88. The zero-order valence-corrected chi connectivity index (χ0v) is 11.8. The van der Waals surface area contributed by atoms with Gasteiger partial charge in [-0.25, -0.2) is 4.39 Å². The van der Waals surface area contributed by atoms with E-state index in [9.17, 15) is 14.3 Å². The number of anilines is 1. The molecule has 0 spiro atoms. The molecule has 0 aromatic heterocycles. The second kappa shape index (κ2) is 6.56. The van der Waals surface area contributed by atoms with Crippen LogP contribution in [0, 0.1) is 5.82 Å². The minimum Gasteiger partial charge on any atom is -0.508 e. The first kappa shape index (κ1) is 15.3.